The van der Waals surface area contributed by atoms with E-state index in [9.17, 15) is 22.4 Å². The quantitative estimate of drug-likeness (QED) is 0.790. The molecule has 1 aromatic heterocycles. The number of halogens is 5. The van der Waals surface area contributed by atoms with Gasteiger partial charge in [0.25, 0.3) is 5.91 Å². The SMILES string of the molecule is Cl.O=C(N[C@H]1CCCNC1)c1cnn(-c2ccc(F)cc2)c1C(F)(F)F. The van der Waals surface area contributed by atoms with Gasteiger partial charge in [0.1, 0.15) is 5.82 Å². The van der Waals surface area contributed by atoms with Gasteiger partial charge in [0.2, 0.25) is 0 Å². The molecule has 0 spiro atoms. The van der Waals surface area contributed by atoms with Gasteiger partial charge in [0.05, 0.1) is 17.4 Å². The smallest absolute Gasteiger partial charge is 0.348 e. The summed E-state index contributed by atoms with van der Waals surface area (Å²) in [6.45, 7) is 1.34. The van der Waals surface area contributed by atoms with E-state index in [1.165, 1.54) is 12.1 Å². The predicted molar refractivity (Wildman–Crippen MR) is 89.1 cm³/mol. The van der Waals surface area contributed by atoms with Crippen molar-refractivity contribution in [2.45, 2.75) is 25.1 Å². The summed E-state index contributed by atoms with van der Waals surface area (Å²) in [4.78, 5) is 12.3. The lowest BCUT2D eigenvalue weighted by atomic mass is 10.1. The van der Waals surface area contributed by atoms with Gasteiger partial charge in [-0.15, -0.1) is 12.4 Å². The maximum absolute atomic E-state index is 13.5. The predicted octanol–water partition coefficient (Wildman–Crippen LogP) is 2.93. The van der Waals surface area contributed by atoms with Crippen LogP contribution in [0.1, 0.15) is 28.9 Å². The van der Waals surface area contributed by atoms with Gasteiger partial charge in [0, 0.05) is 12.6 Å². The van der Waals surface area contributed by atoms with Gasteiger partial charge in [-0.2, -0.15) is 18.3 Å². The fourth-order valence-electron chi connectivity index (χ4n) is 2.80. The van der Waals surface area contributed by atoms with Crippen LogP contribution in [0.5, 0.6) is 0 Å². The molecule has 0 aliphatic carbocycles. The Hall–Kier alpha value is -2.13. The van der Waals surface area contributed by atoms with Gasteiger partial charge < -0.3 is 10.6 Å². The van der Waals surface area contributed by atoms with Crippen molar-refractivity contribution in [3.63, 3.8) is 0 Å². The van der Waals surface area contributed by atoms with Gasteiger partial charge in [-0.25, -0.2) is 9.07 Å². The topological polar surface area (TPSA) is 59.0 Å². The number of nitrogens with zero attached hydrogens (tertiary/aromatic N) is 2. The molecule has 2 heterocycles. The lowest BCUT2D eigenvalue weighted by Crippen LogP contribution is -2.45. The first-order valence-corrected chi connectivity index (χ1v) is 7.79. The normalized spacial score (nSPS) is 17.5. The highest BCUT2D eigenvalue weighted by Crippen LogP contribution is 2.33. The minimum atomic E-state index is -4.79. The summed E-state index contributed by atoms with van der Waals surface area (Å²) < 4.78 is 54.2. The Labute approximate surface area is 153 Å². The Morgan fingerprint density at radius 3 is 2.54 bits per heavy atom. The van der Waals surface area contributed by atoms with E-state index in [1.54, 1.807) is 0 Å². The Kier molecular flexibility index (Phi) is 6.25. The van der Waals surface area contributed by atoms with Gasteiger partial charge in [0.15, 0.2) is 5.69 Å². The molecule has 1 amide bonds. The van der Waals surface area contributed by atoms with Crippen molar-refractivity contribution in [3.05, 3.63) is 47.5 Å². The van der Waals surface area contributed by atoms with Crippen LogP contribution in [0.2, 0.25) is 0 Å². The molecule has 10 heteroatoms. The number of hydrogen-bond acceptors (Lipinski definition) is 3. The first-order chi connectivity index (χ1) is 11.9. The molecule has 1 atom stereocenters. The second-order valence-corrected chi connectivity index (χ2v) is 5.81. The number of carbonyl (C=O) groups is 1. The summed E-state index contributed by atoms with van der Waals surface area (Å²) >= 11 is 0. The molecule has 142 valence electrons. The minimum Gasteiger partial charge on any atom is -0.348 e. The van der Waals surface area contributed by atoms with Gasteiger partial charge in [-0.3, -0.25) is 4.79 Å². The standard InChI is InChI=1S/C16H16F4N4O.ClH/c17-10-3-5-12(6-4-10)24-14(16(18,19)20)13(9-22-24)15(25)23-11-2-1-7-21-8-11;/h3-6,9,11,21H,1-2,7-8H2,(H,23,25);1H/t11-;/m0./s1. The molecule has 2 N–H and O–H groups in total. The molecule has 0 unspecified atom stereocenters. The number of rotatable bonds is 3. The summed E-state index contributed by atoms with van der Waals surface area (Å²) in [5.74, 6) is -1.40. The van der Waals surface area contributed by atoms with Crippen LogP contribution in [0.15, 0.2) is 30.5 Å². The molecule has 26 heavy (non-hydrogen) atoms. The average Bonchev–Trinajstić information content (AvgIpc) is 3.02. The van der Waals surface area contributed by atoms with Crippen molar-refractivity contribution in [3.8, 4) is 5.69 Å². The molecule has 1 aliphatic heterocycles. The number of benzene rings is 1. The summed E-state index contributed by atoms with van der Waals surface area (Å²) in [5.41, 5.74) is -1.71. The maximum Gasteiger partial charge on any atom is 0.434 e. The summed E-state index contributed by atoms with van der Waals surface area (Å²) in [5, 5.41) is 9.38. The fraction of sp³-hybridized carbons (Fsp3) is 0.375. The van der Waals surface area contributed by atoms with Crippen molar-refractivity contribution < 1.29 is 22.4 Å². The molecule has 0 bridgehead atoms. The first kappa shape index (κ1) is 20.2. The zero-order valence-corrected chi connectivity index (χ0v) is 14.3. The number of amides is 1. The maximum atomic E-state index is 13.5. The van der Waals surface area contributed by atoms with Crippen molar-refractivity contribution >= 4 is 18.3 Å². The molecule has 2 aromatic rings. The number of alkyl halides is 3. The van der Waals surface area contributed by atoms with E-state index in [0.717, 1.165) is 31.3 Å². The number of piperidine rings is 1. The number of carbonyl (C=O) groups excluding carboxylic acids is 1. The number of nitrogens with one attached hydrogen (secondary N) is 2. The summed E-state index contributed by atoms with van der Waals surface area (Å²) in [6, 6.07) is 4.18. The van der Waals surface area contributed by atoms with Crippen LogP contribution < -0.4 is 10.6 Å². The highest BCUT2D eigenvalue weighted by atomic mass is 35.5. The zero-order chi connectivity index (χ0) is 18.0. The van der Waals surface area contributed by atoms with E-state index in [2.05, 4.69) is 15.7 Å². The van der Waals surface area contributed by atoms with E-state index in [-0.39, 0.29) is 24.1 Å². The van der Waals surface area contributed by atoms with E-state index in [1.807, 2.05) is 0 Å². The second kappa shape index (κ2) is 8.05. The summed E-state index contributed by atoms with van der Waals surface area (Å²) in [6.07, 6.45) is -2.36. The lowest BCUT2D eigenvalue weighted by molar-refractivity contribution is -0.143. The third-order valence-electron chi connectivity index (χ3n) is 3.99. The number of hydrogen-bond donors (Lipinski definition) is 2. The van der Waals surface area contributed by atoms with Crippen molar-refractivity contribution in [2.24, 2.45) is 0 Å². The molecule has 3 rings (SSSR count). The minimum absolute atomic E-state index is 0. The zero-order valence-electron chi connectivity index (χ0n) is 13.5. The summed E-state index contributed by atoms with van der Waals surface area (Å²) in [7, 11) is 0. The number of aromatic nitrogens is 2. The van der Waals surface area contributed by atoms with Crippen molar-refractivity contribution in [2.75, 3.05) is 13.1 Å². The van der Waals surface area contributed by atoms with E-state index in [4.69, 9.17) is 0 Å². The van der Waals surface area contributed by atoms with Gasteiger partial charge >= 0.3 is 6.18 Å². The van der Waals surface area contributed by atoms with E-state index in [0.29, 0.717) is 17.6 Å². The monoisotopic (exact) mass is 392 g/mol. The van der Waals surface area contributed by atoms with Gasteiger partial charge in [-0.1, -0.05) is 0 Å². The molecule has 1 saturated heterocycles. The Balaban J connectivity index is 0.00000243. The largest absolute Gasteiger partial charge is 0.434 e. The van der Waals surface area contributed by atoms with Crippen LogP contribution >= 0.6 is 12.4 Å². The molecular formula is C16H17ClF4N4O. The third kappa shape index (κ3) is 4.34. The van der Waals surface area contributed by atoms with Crippen molar-refractivity contribution in [1.29, 1.82) is 0 Å². The molecule has 1 aliphatic rings. The van der Waals surface area contributed by atoms with E-state index >= 15 is 0 Å². The van der Waals surface area contributed by atoms with Crippen LogP contribution in [0, 0.1) is 5.82 Å². The second-order valence-electron chi connectivity index (χ2n) is 5.81. The lowest BCUT2D eigenvalue weighted by Gasteiger charge is -2.24. The molecule has 1 aromatic carbocycles. The molecular weight excluding hydrogens is 376 g/mol. The first-order valence-electron chi connectivity index (χ1n) is 7.79. The molecule has 1 fully saturated rings. The van der Waals surface area contributed by atoms with Crippen LogP contribution in [0.3, 0.4) is 0 Å². The van der Waals surface area contributed by atoms with Crippen molar-refractivity contribution in [1.82, 2.24) is 20.4 Å². The van der Waals surface area contributed by atoms with Crippen LogP contribution in [0.25, 0.3) is 5.69 Å². The average molecular weight is 393 g/mol. The Morgan fingerprint density at radius 2 is 1.96 bits per heavy atom. The Bertz CT molecular complexity index is 755. The fourth-order valence-corrected chi connectivity index (χ4v) is 2.80. The van der Waals surface area contributed by atoms with Gasteiger partial charge in [-0.05, 0) is 43.7 Å². The van der Waals surface area contributed by atoms with E-state index < -0.39 is 29.2 Å². The Morgan fingerprint density at radius 1 is 1.27 bits per heavy atom. The highest BCUT2D eigenvalue weighted by Gasteiger charge is 2.40. The molecule has 0 saturated carbocycles. The third-order valence-corrected chi connectivity index (χ3v) is 3.99. The highest BCUT2D eigenvalue weighted by molar-refractivity contribution is 5.95. The van der Waals surface area contributed by atoms with Crippen LogP contribution in [-0.4, -0.2) is 34.8 Å². The van der Waals surface area contributed by atoms with Crippen LogP contribution in [0.4, 0.5) is 17.6 Å². The molecule has 0 radical (unpaired) electrons. The van der Waals surface area contributed by atoms with Crippen LogP contribution in [-0.2, 0) is 6.18 Å². The molecule has 5 nitrogen and oxygen atoms in total.